The van der Waals surface area contributed by atoms with Crippen molar-refractivity contribution in [3.63, 3.8) is 0 Å². The van der Waals surface area contributed by atoms with E-state index in [0.717, 1.165) is 25.9 Å². The van der Waals surface area contributed by atoms with Gasteiger partial charge in [-0.25, -0.2) is 0 Å². The highest BCUT2D eigenvalue weighted by atomic mass is 35.5. The number of nitrogens with one attached hydrogen (secondary N) is 1. The third-order valence-corrected chi connectivity index (χ3v) is 3.40. The first-order valence-corrected chi connectivity index (χ1v) is 6.42. The largest absolute Gasteiger partial charge is 0.507 e. The number of likely N-dealkylation sites (tertiary alicyclic amines) is 1. The summed E-state index contributed by atoms with van der Waals surface area (Å²) in [6.45, 7) is 1.90. The molecular weight excluding hydrogens is 252 g/mol. The van der Waals surface area contributed by atoms with Crippen LogP contribution in [0.1, 0.15) is 23.2 Å². The Morgan fingerprint density at radius 3 is 3.06 bits per heavy atom. The van der Waals surface area contributed by atoms with Crippen LogP contribution in [0.4, 0.5) is 0 Å². The molecule has 0 spiro atoms. The summed E-state index contributed by atoms with van der Waals surface area (Å²) < 4.78 is 0. The Balaban J connectivity index is 2.05. The minimum absolute atomic E-state index is 0.0407. The topological polar surface area (TPSA) is 52.6 Å². The molecule has 1 fully saturated rings. The van der Waals surface area contributed by atoms with Crippen molar-refractivity contribution in [1.82, 2.24) is 10.2 Å². The van der Waals surface area contributed by atoms with Gasteiger partial charge in [0.25, 0.3) is 5.91 Å². The number of phenolic OH excluding ortho intramolecular Hbond substituents is 1. The van der Waals surface area contributed by atoms with Crippen LogP contribution in [0, 0.1) is 0 Å². The third-order valence-electron chi connectivity index (χ3n) is 3.16. The van der Waals surface area contributed by atoms with Gasteiger partial charge in [-0.1, -0.05) is 11.6 Å². The van der Waals surface area contributed by atoms with Gasteiger partial charge in [-0.15, -0.1) is 0 Å². The summed E-state index contributed by atoms with van der Waals surface area (Å²) in [5, 5.41) is 13.0. The van der Waals surface area contributed by atoms with Crippen LogP contribution in [0.2, 0.25) is 5.02 Å². The zero-order chi connectivity index (χ0) is 13.1. The fourth-order valence-corrected chi connectivity index (χ4v) is 2.41. The minimum Gasteiger partial charge on any atom is -0.507 e. The van der Waals surface area contributed by atoms with Gasteiger partial charge < -0.3 is 15.3 Å². The summed E-state index contributed by atoms with van der Waals surface area (Å²) in [7, 11) is 2.04. The number of phenols is 1. The van der Waals surface area contributed by atoms with Crippen LogP contribution in [0.3, 0.4) is 0 Å². The van der Waals surface area contributed by atoms with Gasteiger partial charge in [0.1, 0.15) is 5.75 Å². The highest BCUT2D eigenvalue weighted by molar-refractivity contribution is 6.31. The number of carbonyl (C=O) groups is 1. The van der Waals surface area contributed by atoms with Crippen molar-refractivity contribution in [3.8, 4) is 5.75 Å². The lowest BCUT2D eigenvalue weighted by atomic mass is 10.1. The number of halogens is 1. The van der Waals surface area contributed by atoms with Gasteiger partial charge in [0.05, 0.1) is 5.56 Å². The normalized spacial score (nSPS) is 20.7. The first-order chi connectivity index (χ1) is 8.56. The second kappa shape index (κ2) is 5.59. The van der Waals surface area contributed by atoms with E-state index < -0.39 is 0 Å². The molecule has 0 aromatic heterocycles. The van der Waals surface area contributed by atoms with Gasteiger partial charge in [0.15, 0.2) is 0 Å². The summed E-state index contributed by atoms with van der Waals surface area (Å²) in [6.07, 6.45) is 2.04. The first-order valence-electron chi connectivity index (χ1n) is 6.04. The number of aromatic hydroxyl groups is 1. The predicted octanol–water partition coefficient (Wildman–Crippen LogP) is 1.87. The van der Waals surface area contributed by atoms with Gasteiger partial charge in [0, 0.05) is 17.6 Å². The number of piperidine rings is 1. The van der Waals surface area contributed by atoms with Crippen LogP contribution < -0.4 is 5.32 Å². The number of hydrogen-bond acceptors (Lipinski definition) is 3. The molecule has 0 aliphatic carbocycles. The van der Waals surface area contributed by atoms with Crippen molar-refractivity contribution in [2.45, 2.75) is 18.9 Å². The number of likely N-dealkylation sites (N-methyl/N-ethyl adjacent to an activating group) is 1. The second-order valence-corrected chi connectivity index (χ2v) is 5.17. The van der Waals surface area contributed by atoms with Crippen molar-refractivity contribution < 1.29 is 9.90 Å². The van der Waals surface area contributed by atoms with Gasteiger partial charge in [-0.2, -0.15) is 0 Å². The van der Waals surface area contributed by atoms with Gasteiger partial charge in [0.2, 0.25) is 0 Å². The van der Waals surface area contributed by atoms with E-state index in [1.165, 1.54) is 12.1 Å². The average molecular weight is 269 g/mol. The van der Waals surface area contributed by atoms with Crippen LogP contribution in [0.25, 0.3) is 0 Å². The Morgan fingerprint density at radius 2 is 2.33 bits per heavy atom. The standard InChI is InChI=1S/C13H17ClN2O2/c1-16-6-2-3-10(8-16)15-13(18)11-7-9(14)4-5-12(11)17/h4-5,7,10,17H,2-3,6,8H2,1H3,(H,15,18). The molecule has 2 N–H and O–H groups in total. The van der Waals surface area contributed by atoms with Crippen LogP contribution in [0.15, 0.2) is 18.2 Å². The maximum absolute atomic E-state index is 12.0. The van der Waals surface area contributed by atoms with E-state index in [1.807, 2.05) is 7.05 Å². The Morgan fingerprint density at radius 1 is 1.56 bits per heavy atom. The lowest BCUT2D eigenvalue weighted by Gasteiger charge is -2.30. The van der Waals surface area contributed by atoms with Crippen molar-refractivity contribution in [1.29, 1.82) is 0 Å². The quantitative estimate of drug-likeness (QED) is 0.861. The van der Waals surface area contributed by atoms with Gasteiger partial charge in [-0.05, 0) is 44.6 Å². The number of nitrogens with zero attached hydrogens (tertiary/aromatic N) is 1. The maximum atomic E-state index is 12.0. The molecule has 98 valence electrons. The molecule has 1 heterocycles. The van der Waals surface area contributed by atoms with Gasteiger partial charge >= 0.3 is 0 Å². The Hall–Kier alpha value is -1.26. The number of hydrogen-bond donors (Lipinski definition) is 2. The lowest BCUT2D eigenvalue weighted by molar-refractivity contribution is 0.0910. The molecule has 18 heavy (non-hydrogen) atoms. The number of rotatable bonds is 2. The maximum Gasteiger partial charge on any atom is 0.255 e. The molecule has 1 amide bonds. The Bertz CT molecular complexity index is 451. The van der Waals surface area contributed by atoms with E-state index in [-0.39, 0.29) is 23.3 Å². The molecule has 1 unspecified atom stereocenters. The summed E-state index contributed by atoms with van der Waals surface area (Å²) in [5.74, 6) is -0.309. The molecule has 1 saturated heterocycles. The molecule has 2 rings (SSSR count). The molecule has 0 radical (unpaired) electrons. The van der Waals surface area contributed by atoms with E-state index >= 15 is 0 Å². The Kier molecular flexibility index (Phi) is 4.09. The fraction of sp³-hybridized carbons (Fsp3) is 0.462. The van der Waals surface area contributed by atoms with Crippen molar-refractivity contribution in [2.24, 2.45) is 0 Å². The van der Waals surface area contributed by atoms with Crippen molar-refractivity contribution in [2.75, 3.05) is 20.1 Å². The fourth-order valence-electron chi connectivity index (χ4n) is 2.24. The number of carbonyl (C=O) groups excluding carboxylic acids is 1. The molecule has 1 aliphatic heterocycles. The molecule has 1 atom stereocenters. The highest BCUT2D eigenvalue weighted by Gasteiger charge is 2.20. The molecule has 1 aliphatic rings. The van der Waals surface area contributed by atoms with E-state index in [0.29, 0.717) is 5.02 Å². The molecule has 0 bridgehead atoms. The molecule has 5 heteroatoms. The second-order valence-electron chi connectivity index (χ2n) is 4.74. The van der Waals surface area contributed by atoms with Crippen LogP contribution in [-0.2, 0) is 0 Å². The zero-order valence-corrected chi connectivity index (χ0v) is 11.1. The molecule has 1 aromatic carbocycles. The Labute approximate surface area is 112 Å². The molecule has 0 saturated carbocycles. The SMILES string of the molecule is CN1CCCC(NC(=O)c2cc(Cl)ccc2O)C1. The molecular formula is C13H17ClN2O2. The molecule has 4 nitrogen and oxygen atoms in total. The summed E-state index contributed by atoms with van der Waals surface area (Å²) in [5.41, 5.74) is 0.232. The van der Waals surface area contributed by atoms with E-state index in [9.17, 15) is 9.90 Å². The monoisotopic (exact) mass is 268 g/mol. The average Bonchev–Trinajstić information content (AvgIpc) is 2.32. The van der Waals surface area contributed by atoms with Gasteiger partial charge in [-0.3, -0.25) is 4.79 Å². The smallest absolute Gasteiger partial charge is 0.255 e. The van der Waals surface area contributed by atoms with Crippen LogP contribution in [-0.4, -0.2) is 42.1 Å². The van der Waals surface area contributed by atoms with Crippen molar-refractivity contribution in [3.05, 3.63) is 28.8 Å². The first kappa shape index (κ1) is 13.2. The van der Waals surface area contributed by atoms with Crippen LogP contribution >= 0.6 is 11.6 Å². The summed E-state index contributed by atoms with van der Waals surface area (Å²) in [4.78, 5) is 14.2. The molecule has 1 aromatic rings. The number of benzene rings is 1. The minimum atomic E-state index is -0.268. The van der Waals surface area contributed by atoms with E-state index in [1.54, 1.807) is 6.07 Å². The lowest BCUT2D eigenvalue weighted by Crippen LogP contribution is -2.46. The highest BCUT2D eigenvalue weighted by Crippen LogP contribution is 2.21. The van der Waals surface area contributed by atoms with Crippen molar-refractivity contribution >= 4 is 17.5 Å². The summed E-state index contributed by atoms with van der Waals surface area (Å²) in [6, 6.07) is 4.61. The van der Waals surface area contributed by atoms with E-state index in [2.05, 4.69) is 10.2 Å². The predicted molar refractivity (Wildman–Crippen MR) is 71.1 cm³/mol. The summed E-state index contributed by atoms with van der Waals surface area (Å²) >= 11 is 5.83. The zero-order valence-electron chi connectivity index (χ0n) is 10.3. The third kappa shape index (κ3) is 3.15. The van der Waals surface area contributed by atoms with E-state index in [4.69, 9.17) is 11.6 Å². The van der Waals surface area contributed by atoms with Crippen LogP contribution in [0.5, 0.6) is 5.75 Å². The number of amides is 1.